The average Bonchev–Trinajstić information content (AvgIpc) is 2.18. The van der Waals surface area contributed by atoms with Crippen LogP contribution >= 0.6 is 0 Å². The highest BCUT2D eigenvalue weighted by Crippen LogP contribution is 2.12. The molecule has 0 atom stereocenters. The molecule has 0 radical (unpaired) electrons. The molecule has 0 saturated heterocycles. The Morgan fingerprint density at radius 3 is 2.93 bits per heavy atom. The first-order valence-corrected chi connectivity index (χ1v) is 4.68. The van der Waals surface area contributed by atoms with Crippen LogP contribution in [0.1, 0.15) is 5.56 Å². The van der Waals surface area contributed by atoms with Crippen molar-refractivity contribution in [2.45, 2.75) is 13.5 Å². The number of aliphatic hydroxyl groups excluding tert-OH is 1. The highest BCUT2D eigenvalue weighted by Gasteiger charge is 2.07. The molecule has 0 bridgehead atoms. The van der Waals surface area contributed by atoms with Crippen LogP contribution in [0.3, 0.4) is 0 Å². The third-order valence-electron chi connectivity index (χ3n) is 2.24. The van der Waals surface area contributed by atoms with E-state index in [-0.39, 0.29) is 6.61 Å². The Kier molecular flexibility index (Phi) is 2.41. The van der Waals surface area contributed by atoms with Crippen LogP contribution in [-0.4, -0.2) is 16.8 Å². The van der Waals surface area contributed by atoms with E-state index in [2.05, 4.69) is 18.1 Å². The topological polar surface area (TPSA) is 37.0 Å². The van der Waals surface area contributed by atoms with Crippen molar-refractivity contribution < 1.29 is 9.79 Å². The van der Waals surface area contributed by atoms with Crippen molar-refractivity contribution in [3.63, 3.8) is 0 Å². The molecule has 0 saturated carbocycles. The van der Waals surface area contributed by atoms with E-state index in [9.17, 15) is 0 Å². The maximum atomic E-state index is 8.82. The molecule has 0 aliphatic carbocycles. The molecule has 14 heavy (non-hydrogen) atoms. The van der Waals surface area contributed by atoms with E-state index in [1.54, 1.807) is 4.68 Å². The van der Waals surface area contributed by atoms with Crippen LogP contribution in [0.4, 0.5) is 0 Å². The Bertz CT molecular complexity index is 454. The molecular weight excluding hydrogens is 176 g/mol. The Morgan fingerprint density at radius 2 is 2.14 bits per heavy atom. The molecule has 3 nitrogen and oxygen atoms in total. The summed E-state index contributed by atoms with van der Waals surface area (Å²) in [6.07, 6.45) is 1.96. The van der Waals surface area contributed by atoms with Gasteiger partial charge >= 0.3 is 0 Å². The minimum Gasteiger partial charge on any atom is -0.390 e. The number of benzene rings is 1. The summed E-state index contributed by atoms with van der Waals surface area (Å²) in [5, 5.41) is 14.4. The van der Waals surface area contributed by atoms with Crippen LogP contribution in [0.15, 0.2) is 30.5 Å². The summed E-state index contributed by atoms with van der Waals surface area (Å²) >= 11 is 0. The molecule has 0 spiro atoms. The van der Waals surface area contributed by atoms with Crippen LogP contribution in [0.5, 0.6) is 0 Å². The largest absolute Gasteiger partial charge is 0.390 e. The maximum Gasteiger partial charge on any atom is 0.199 e. The molecule has 72 valence electrons. The van der Waals surface area contributed by atoms with Crippen molar-refractivity contribution in [1.82, 2.24) is 5.10 Å². The first-order chi connectivity index (χ1) is 6.81. The summed E-state index contributed by atoms with van der Waals surface area (Å²) in [6.45, 7) is 2.72. The standard InChI is InChI=1S/C11H13N2O/c1-9-8-13(6-7-14)12-11-5-3-2-4-10(9)11/h2-5,8,14H,6-7H2,1H3/q+1. The third kappa shape index (κ3) is 1.59. The summed E-state index contributed by atoms with van der Waals surface area (Å²) < 4.78 is 1.78. The number of aliphatic hydroxyl groups is 1. The van der Waals surface area contributed by atoms with Crippen LogP contribution in [0.25, 0.3) is 10.9 Å². The summed E-state index contributed by atoms with van der Waals surface area (Å²) in [4.78, 5) is 0. The van der Waals surface area contributed by atoms with E-state index in [0.29, 0.717) is 6.54 Å². The SMILES string of the molecule is Cc1c[n+](CCO)nc2ccccc12. The van der Waals surface area contributed by atoms with Gasteiger partial charge in [-0.25, -0.2) is 0 Å². The first-order valence-electron chi connectivity index (χ1n) is 4.68. The lowest BCUT2D eigenvalue weighted by Gasteiger charge is -1.98. The molecule has 3 heteroatoms. The predicted molar refractivity (Wildman–Crippen MR) is 53.8 cm³/mol. The lowest BCUT2D eigenvalue weighted by Crippen LogP contribution is -2.39. The van der Waals surface area contributed by atoms with E-state index >= 15 is 0 Å². The van der Waals surface area contributed by atoms with Gasteiger partial charge in [0.15, 0.2) is 12.7 Å². The maximum absolute atomic E-state index is 8.82. The van der Waals surface area contributed by atoms with Crippen molar-refractivity contribution in [1.29, 1.82) is 0 Å². The number of hydrogen-bond acceptors (Lipinski definition) is 2. The Morgan fingerprint density at radius 1 is 1.36 bits per heavy atom. The van der Waals surface area contributed by atoms with Gasteiger partial charge in [-0.3, -0.25) is 0 Å². The molecule has 0 fully saturated rings. The van der Waals surface area contributed by atoms with Gasteiger partial charge in [0.05, 0.1) is 0 Å². The highest BCUT2D eigenvalue weighted by molar-refractivity contribution is 5.80. The van der Waals surface area contributed by atoms with Crippen LogP contribution in [0.2, 0.25) is 0 Å². The van der Waals surface area contributed by atoms with Crippen molar-refractivity contribution in [2.24, 2.45) is 0 Å². The van der Waals surface area contributed by atoms with E-state index < -0.39 is 0 Å². The van der Waals surface area contributed by atoms with E-state index in [1.807, 2.05) is 24.4 Å². The molecule has 0 unspecified atom stereocenters. The zero-order valence-electron chi connectivity index (χ0n) is 8.14. The summed E-state index contributed by atoms with van der Waals surface area (Å²) in [6, 6.07) is 8.02. The summed E-state index contributed by atoms with van der Waals surface area (Å²) in [7, 11) is 0. The van der Waals surface area contributed by atoms with E-state index in [0.717, 1.165) is 5.52 Å². The van der Waals surface area contributed by atoms with E-state index in [1.165, 1.54) is 10.9 Å². The van der Waals surface area contributed by atoms with Crippen LogP contribution < -0.4 is 4.68 Å². The van der Waals surface area contributed by atoms with Crippen molar-refractivity contribution in [2.75, 3.05) is 6.61 Å². The number of nitrogens with zero attached hydrogens (tertiary/aromatic N) is 2. The molecule has 1 heterocycles. The second kappa shape index (κ2) is 3.72. The smallest absolute Gasteiger partial charge is 0.199 e. The van der Waals surface area contributed by atoms with Gasteiger partial charge in [-0.2, -0.15) is 0 Å². The monoisotopic (exact) mass is 189 g/mol. The molecule has 2 aromatic rings. The number of hydrogen-bond donors (Lipinski definition) is 1. The lowest BCUT2D eigenvalue weighted by molar-refractivity contribution is -0.752. The Hall–Kier alpha value is -1.48. The zero-order chi connectivity index (χ0) is 9.97. The zero-order valence-corrected chi connectivity index (χ0v) is 8.14. The van der Waals surface area contributed by atoms with Gasteiger partial charge in [-0.05, 0) is 13.0 Å². The summed E-state index contributed by atoms with van der Waals surface area (Å²) in [5.74, 6) is 0. The minimum atomic E-state index is 0.120. The highest BCUT2D eigenvalue weighted by atomic mass is 16.3. The van der Waals surface area contributed by atoms with Crippen molar-refractivity contribution in [3.05, 3.63) is 36.0 Å². The molecule has 0 aliphatic heterocycles. The fourth-order valence-electron chi connectivity index (χ4n) is 1.57. The van der Waals surface area contributed by atoms with Crippen LogP contribution in [-0.2, 0) is 6.54 Å². The molecule has 1 aromatic carbocycles. The first kappa shape index (κ1) is 9.09. The molecule has 2 rings (SSSR count). The number of rotatable bonds is 2. The Balaban J connectivity index is 2.60. The minimum absolute atomic E-state index is 0.120. The second-order valence-electron chi connectivity index (χ2n) is 3.32. The molecule has 0 aliphatic rings. The van der Waals surface area contributed by atoms with Gasteiger partial charge < -0.3 is 5.11 Å². The molecule has 1 aromatic heterocycles. The van der Waals surface area contributed by atoms with Gasteiger partial charge in [-0.1, -0.05) is 22.9 Å². The van der Waals surface area contributed by atoms with Gasteiger partial charge in [0.2, 0.25) is 0 Å². The Labute approximate surface area is 82.6 Å². The van der Waals surface area contributed by atoms with Gasteiger partial charge in [0.1, 0.15) is 12.1 Å². The number of aryl methyl sites for hydroxylation is 1. The van der Waals surface area contributed by atoms with E-state index in [4.69, 9.17) is 5.11 Å². The number of aromatic nitrogens is 2. The normalized spacial score (nSPS) is 10.7. The van der Waals surface area contributed by atoms with Crippen molar-refractivity contribution >= 4 is 10.9 Å². The quantitative estimate of drug-likeness (QED) is 0.710. The fourth-order valence-corrected chi connectivity index (χ4v) is 1.57. The molecule has 1 N–H and O–H groups in total. The van der Waals surface area contributed by atoms with Gasteiger partial charge in [-0.15, -0.1) is 0 Å². The van der Waals surface area contributed by atoms with Gasteiger partial charge in [0, 0.05) is 16.0 Å². The third-order valence-corrected chi connectivity index (χ3v) is 2.24. The second-order valence-corrected chi connectivity index (χ2v) is 3.32. The van der Waals surface area contributed by atoms with Gasteiger partial charge in [0.25, 0.3) is 0 Å². The van der Waals surface area contributed by atoms with Crippen LogP contribution in [0, 0.1) is 6.92 Å². The summed E-state index contributed by atoms with van der Waals surface area (Å²) in [5.41, 5.74) is 2.16. The fraction of sp³-hybridized carbons (Fsp3) is 0.273. The number of fused-ring (bicyclic) bond motifs is 1. The molecular formula is C11H13N2O+. The lowest BCUT2D eigenvalue weighted by atomic mass is 10.1. The van der Waals surface area contributed by atoms with Crippen molar-refractivity contribution in [3.8, 4) is 0 Å². The predicted octanol–water partition coefficient (Wildman–Crippen LogP) is 0.823. The average molecular weight is 189 g/mol. The molecule has 0 amide bonds.